The van der Waals surface area contributed by atoms with Gasteiger partial charge < -0.3 is 4.98 Å². The number of hydrogen-bond acceptors (Lipinski definition) is 2. The second kappa shape index (κ2) is 3.06. The van der Waals surface area contributed by atoms with Crippen molar-refractivity contribution in [3.05, 3.63) is 23.3 Å². The van der Waals surface area contributed by atoms with Crippen LogP contribution in [0.1, 0.15) is 44.1 Å². The Balaban J connectivity index is 2.37. The number of H-pyrrole nitrogens is 1. The zero-order valence-electron chi connectivity index (χ0n) is 10.1. The van der Waals surface area contributed by atoms with Gasteiger partial charge in [0.05, 0.1) is 5.69 Å². The van der Waals surface area contributed by atoms with E-state index in [0.717, 1.165) is 12.1 Å². The number of nitrogens with one attached hydrogen (secondary N) is 1. The maximum absolute atomic E-state index is 4.50. The predicted octanol–water partition coefficient (Wildman–Crippen LogP) is 2.74. The summed E-state index contributed by atoms with van der Waals surface area (Å²) in [5.74, 6) is 0. The average Bonchev–Trinajstić information content (AvgIpc) is 2.73. The summed E-state index contributed by atoms with van der Waals surface area (Å²) in [7, 11) is 0. The number of rotatable bonds is 0. The number of nitrogens with zero attached hydrogens (tertiary/aromatic N) is 2. The third-order valence-electron chi connectivity index (χ3n) is 3.35. The highest BCUT2D eigenvalue weighted by Gasteiger charge is 2.25. The molecule has 1 aliphatic carbocycles. The summed E-state index contributed by atoms with van der Waals surface area (Å²) in [6.45, 7) is 6.63. The van der Waals surface area contributed by atoms with E-state index in [4.69, 9.17) is 0 Å². The predicted molar refractivity (Wildman–Crippen MR) is 64.6 cm³/mol. The molecule has 0 saturated carbocycles. The lowest BCUT2D eigenvalue weighted by Crippen LogP contribution is -2.14. The van der Waals surface area contributed by atoms with Crippen molar-refractivity contribution >= 4 is 11.0 Å². The van der Waals surface area contributed by atoms with E-state index in [1.807, 2.05) is 0 Å². The van der Waals surface area contributed by atoms with E-state index in [1.165, 1.54) is 35.2 Å². The smallest absolute Gasteiger partial charge is 0.141 e. The maximum Gasteiger partial charge on any atom is 0.141 e. The van der Waals surface area contributed by atoms with Crippen LogP contribution < -0.4 is 0 Å². The molecule has 0 spiro atoms. The van der Waals surface area contributed by atoms with E-state index in [2.05, 4.69) is 35.7 Å². The number of aryl methyl sites for hydroxylation is 2. The van der Waals surface area contributed by atoms with Crippen molar-refractivity contribution in [3.63, 3.8) is 0 Å². The highest BCUT2D eigenvalue weighted by molar-refractivity contribution is 5.85. The first-order valence-corrected chi connectivity index (χ1v) is 5.92. The van der Waals surface area contributed by atoms with Crippen LogP contribution >= 0.6 is 0 Å². The van der Waals surface area contributed by atoms with Gasteiger partial charge in [0.1, 0.15) is 12.0 Å². The third-order valence-corrected chi connectivity index (χ3v) is 3.35. The SMILES string of the molecule is CC(C)(C)c1ncnc2[nH]c3c(c12)CCC3. The van der Waals surface area contributed by atoms with E-state index in [1.54, 1.807) is 6.33 Å². The van der Waals surface area contributed by atoms with Gasteiger partial charge in [-0.1, -0.05) is 20.8 Å². The second-order valence-corrected chi connectivity index (χ2v) is 5.63. The first kappa shape index (κ1) is 9.82. The lowest BCUT2D eigenvalue weighted by Gasteiger charge is -2.18. The number of aromatic amines is 1. The van der Waals surface area contributed by atoms with Crippen molar-refractivity contribution in [2.24, 2.45) is 0 Å². The van der Waals surface area contributed by atoms with Crippen molar-refractivity contribution in [2.75, 3.05) is 0 Å². The third kappa shape index (κ3) is 1.27. The molecule has 3 heteroatoms. The largest absolute Gasteiger partial charge is 0.343 e. The van der Waals surface area contributed by atoms with Gasteiger partial charge in [0, 0.05) is 16.5 Å². The molecule has 3 rings (SSSR count). The molecule has 1 N–H and O–H groups in total. The quantitative estimate of drug-likeness (QED) is 0.734. The molecule has 3 nitrogen and oxygen atoms in total. The molecule has 0 atom stereocenters. The Hall–Kier alpha value is -1.38. The Morgan fingerprint density at radius 3 is 2.75 bits per heavy atom. The fourth-order valence-corrected chi connectivity index (χ4v) is 2.64. The van der Waals surface area contributed by atoms with E-state index in [0.29, 0.717) is 0 Å². The van der Waals surface area contributed by atoms with Gasteiger partial charge >= 0.3 is 0 Å². The van der Waals surface area contributed by atoms with E-state index in [9.17, 15) is 0 Å². The number of aromatic nitrogens is 3. The summed E-state index contributed by atoms with van der Waals surface area (Å²) >= 11 is 0. The van der Waals surface area contributed by atoms with Gasteiger partial charge in [-0.15, -0.1) is 0 Å². The normalized spacial score (nSPS) is 15.7. The van der Waals surface area contributed by atoms with E-state index >= 15 is 0 Å². The van der Waals surface area contributed by atoms with E-state index in [-0.39, 0.29) is 5.41 Å². The van der Waals surface area contributed by atoms with Crippen molar-refractivity contribution in [1.29, 1.82) is 0 Å². The molecule has 0 saturated heterocycles. The number of fused-ring (bicyclic) bond motifs is 3. The molecule has 0 unspecified atom stereocenters. The van der Waals surface area contributed by atoms with Crippen LogP contribution in [-0.4, -0.2) is 15.0 Å². The molecule has 0 amide bonds. The summed E-state index contributed by atoms with van der Waals surface area (Å²) in [6, 6.07) is 0. The Morgan fingerprint density at radius 1 is 1.19 bits per heavy atom. The van der Waals surface area contributed by atoms with Gasteiger partial charge in [-0.25, -0.2) is 9.97 Å². The highest BCUT2D eigenvalue weighted by Crippen LogP contribution is 2.34. The Morgan fingerprint density at radius 2 is 2.00 bits per heavy atom. The van der Waals surface area contributed by atoms with Crippen LogP contribution in [0, 0.1) is 0 Å². The summed E-state index contributed by atoms with van der Waals surface area (Å²) in [6.07, 6.45) is 5.27. The van der Waals surface area contributed by atoms with Crippen LogP contribution in [0.4, 0.5) is 0 Å². The summed E-state index contributed by atoms with van der Waals surface area (Å²) < 4.78 is 0. The Kier molecular flexibility index (Phi) is 1.88. The monoisotopic (exact) mass is 215 g/mol. The molecule has 0 fully saturated rings. The lowest BCUT2D eigenvalue weighted by molar-refractivity contribution is 0.573. The number of hydrogen-bond donors (Lipinski definition) is 1. The van der Waals surface area contributed by atoms with Crippen molar-refractivity contribution in [2.45, 2.75) is 45.4 Å². The zero-order chi connectivity index (χ0) is 11.3. The molecule has 1 aliphatic rings. The molecule has 16 heavy (non-hydrogen) atoms. The second-order valence-electron chi connectivity index (χ2n) is 5.63. The van der Waals surface area contributed by atoms with Gasteiger partial charge in [0.2, 0.25) is 0 Å². The molecule has 2 aromatic heterocycles. The van der Waals surface area contributed by atoms with Gasteiger partial charge in [-0.05, 0) is 24.8 Å². The van der Waals surface area contributed by atoms with Crippen molar-refractivity contribution < 1.29 is 0 Å². The van der Waals surface area contributed by atoms with Crippen LogP contribution in [0.5, 0.6) is 0 Å². The van der Waals surface area contributed by atoms with Crippen LogP contribution in [-0.2, 0) is 18.3 Å². The maximum atomic E-state index is 4.50. The molecule has 0 aromatic carbocycles. The first-order valence-electron chi connectivity index (χ1n) is 5.92. The minimum atomic E-state index is 0.0831. The van der Waals surface area contributed by atoms with Crippen LogP contribution in [0.3, 0.4) is 0 Å². The highest BCUT2D eigenvalue weighted by atomic mass is 14.9. The standard InChI is InChI=1S/C13H17N3/c1-13(2,3)11-10-8-5-4-6-9(8)16-12(10)15-7-14-11/h7H,4-6H2,1-3H3,(H,14,15,16). The fourth-order valence-electron chi connectivity index (χ4n) is 2.64. The van der Waals surface area contributed by atoms with Gasteiger partial charge in [-0.2, -0.15) is 0 Å². The minimum Gasteiger partial charge on any atom is -0.343 e. The molecular weight excluding hydrogens is 198 g/mol. The summed E-state index contributed by atoms with van der Waals surface area (Å²) in [5, 5.41) is 1.28. The topological polar surface area (TPSA) is 41.6 Å². The molecule has 0 radical (unpaired) electrons. The van der Waals surface area contributed by atoms with Gasteiger partial charge in [0.25, 0.3) is 0 Å². The summed E-state index contributed by atoms with van der Waals surface area (Å²) in [4.78, 5) is 12.3. The molecular formula is C13H17N3. The molecule has 0 bridgehead atoms. The average molecular weight is 215 g/mol. The Bertz CT molecular complexity index is 546. The minimum absolute atomic E-state index is 0.0831. The zero-order valence-corrected chi connectivity index (χ0v) is 10.1. The van der Waals surface area contributed by atoms with Gasteiger partial charge in [0.15, 0.2) is 0 Å². The van der Waals surface area contributed by atoms with Crippen molar-refractivity contribution in [3.8, 4) is 0 Å². The molecule has 2 aromatic rings. The van der Waals surface area contributed by atoms with Crippen LogP contribution in [0.15, 0.2) is 6.33 Å². The molecule has 2 heterocycles. The Labute approximate surface area is 95.3 Å². The molecule has 84 valence electrons. The van der Waals surface area contributed by atoms with E-state index < -0.39 is 0 Å². The summed E-state index contributed by atoms with van der Waals surface area (Å²) in [5.41, 5.74) is 5.11. The lowest BCUT2D eigenvalue weighted by atomic mass is 9.89. The van der Waals surface area contributed by atoms with Crippen molar-refractivity contribution in [1.82, 2.24) is 15.0 Å². The van der Waals surface area contributed by atoms with Crippen LogP contribution in [0.2, 0.25) is 0 Å². The molecule has 0 aliphatic heterocycles. The van der Waals surface area contributed by atoms with Gasteiger partial charge in [-0.3, -0.25) is 0 Å². The first-order chi connectivity index (χ1) is 7.57. The fraction of sp³-hybridized carbons (Fsp3) is 0.538. The van der Waals surface area contributed by atoms with Crippen LogP contribution in [0.25, 0.3) is 11.0 Å².